The van der Waals surface area contributed by atoms with Crippen LogP contribution in [0.25, 0.3) is 16.3 Å². The van der Waals surface area contributed by atoms with Crippen molar-refractivity contribution in [2.75, 3.05) is 7.11 Å². The molecule has 0 spiro atoms. The summed E-state index contributed by atoms with van der Waals surface area (Å²) < 4.78 is 80.7. The number of hydrogen-bond donors (Lipinski definition) is 0. The van der Waals surface area contributed by atoms with E-state index in [2.05, 4.69) is 0 Å². The van der Waals surface area contributed by atoms with Gasteiger partial charge in [0.15, 0.2) is 0 Å². The van der Waals surface area contributed by atoms with Crippen LogP contribution in [-0.2, 0) is 0 Å². The Hall–Kier alpha value is -2.40. The van der Waals surface area contributed by atoms with E-state index in [1.165, 1.54) is 25.3 Å². The van der Waals surface area contributed by atoms with Crippen molar-refractivity contribution >= 4 is 16.3 Å². The molecule has 0 aromatic heterocycles. The van der Waals surface area contributed by atoms with Crippen molar-refractivity contribution in [1.29, 1.82) is 0 Å². The third-order valence-corrected chi connectivity index (χ3v) is 3.20. The molecular formula is C17H12F6O. The summed E-state index contributed by atoms with van der Waals surface area (Å²) in [5.74, 6) is 0.548. The van der Waals surface area contributed by atoms with Gasteiger partial charge in [0, 0.05) is 0 Å². The Morgan fingerprint density at radius 2 is 1.62 bits per heavy atom. The number of benzene rings is 2. The lowest BCUT2D eigenvalue weighted by molar-refractivity contribution is -0.125. The summed E-state index contributed by atoms with van der Waals surface area (Å²) in [6.07, 6.45) is -10.5. The lowest BCUT2D eigenvalue weighted by Crippen LogP contribution is -2.10. The lowest BCUT2D eigenvalue weighted by Gasteiger charge is -2.11. The minimum atomic E-state index is -4.82. The van der Waals surface area contributed by atoms with Gasteiger partial charge in [-0.05, 0) is 40.6 Å². The molecule has 24 heavy (non-hydrogen) atoms. The van der Waals surface area contributed by atoms with Crippen molar-refractivity contribution in [1.82, 2.24) is 0 Å². The van der Waals surface area contributed by atoms with Crippen LogP contribution >= 0.6 is 0 Å². The molecule has 128 valence electrons. The van der Waals surface area contributed by atoms with E-state index >= 15 is 0 Å². The molecule has 0 fully saturated rings. The molecule has 2 aromatic rings. The van der Waals surface area contributed by atoms with E-state index in [0.717, 1.165) is 0 Å². The Kier molecular flexibility index (Phi) is 4.94. The van der Waals surface area contributed by atoms with Crippen LogP contribution in [0.5, 0.6) is 5.75 Å². The molecule has 0 saturated heterocycles. The number of hydrogen-bond acceptors (Lipinski definition) is 1. The molecule has 0 heterocycles. The van der Waals surface area contributed by atoms with Crippen LogP contribution in [0, 0.1) is 0 Å². The third-order valence-electron chi connectivity index (χ3n) is 3.20. The standard InChI is InChI=1S/C17H12F6O/c1-24-14-7-6-11-9-13(5-4-12(11)10-14)15(17(21,22)23)3-2-8-16(18,19)20/h2,4-7,9-10H,8H2,1H3. The molecule has 0 N–H and O–H groups in total. The zero-order valence-electron chi connectivity index (χ0n) is 12.4. The van der Waals surface area contributed by atoms with Crippen LogP contribution < -0.4 is 4.74 Å². The largest absolute Gasteiger partial charge is 0.497 e. The molecule has 7 heteroatoms. The van der Waals surface area contributed by atoms with Crippen LogP contribution in [0.1, 0.15) is 12.0 Å². The van der Waals surface area contributed by atoms with Gasteiger partial charge in [0.05, 0.1) is 13.5 Å². The van der Waals surface area contributed by atoms with E-state index in [4.69, 9.17) is 4.74 Å². The summed E-state index contributed by atoms with van der Waals surface area (Å²) in [5, 5.41) is 1.16. The monoisotopic (exact) mass is 346 g/mol. The fourth-order valence-corrected chi connectivity index (χ4v) is 2.10. The first-order valence-corrected chi connectivity index (χ1v) is 6.77. The maximum absolute atomic E-state index is 13.1. The van der Waals surface area contributed by atoms with Crippen molar-refractivity contribution < 1.29 is 31.1 Å². The van der Waals surface area contributed by atoms with Gasteiger partial charge in [-0.25, -0.2) is 0 Å². The quantitative estimate of drug-likeness (QED) is 0.496. The zero-order chi connectivity index (χ0) is 18.0. The van der Waals surface area contributed by atoms with Crippen LogP contribution in [0.15, 0.2) is 48.2 Å². The van der Waals surface area contributed by atoms with Gasteiger partial charge >= 0.3 is 12.4 Å². The SMILES string of the molecule is COc1ccc2cc(C(=C=CCC(F)(F)F)C(F)(F)F)ccc2c1. The van der Waals surface area contributed by atoms with Gasteiger partial charge in [-0.2, -0.15) is 26.3 Å². The molecule has 1 nitrogen and oxygen atoms in total. The van der Waals surface area contributed by atoms with E-state index in [1.807, 2.05) is 0 Å². The minimum Gasteiger partial charge on any atom is -0.497 e. The number of allylic oxidation sites excluding steroid dienone is 1. The van der Waals surface area contributed by atoms with Gasteiger partial charge in [-0.15, -0.1) is 5.73 Å². The Morgan fingerprint density at radius 1 is 1.00 bits per heavy atom. The van der Waals surface area contributed by atoms with Gasteiger partial charge in [-0.1, -0.05) is 18.2 Å². The van der Waals surface area contributed by atoms with Gasteiger partial charge in [0.25, 0.3) is 0 Å². The van der Waals surface area contributed by atoms with E-state index in [-0.39, 0.29) is 5.56 Å². The molecule has 0 radical (unpaired) electrons. The number of rotatable bonds is 3. The summed E-state index contributed by atoms with van der Waals surface area (Å²) in [4.78, 5) is 0. The Bertz CT molecular complexity index is 795. The highest BCUT2D eigenvalue weighted by molar-refractivity contribution is 5.88. The van der Waals surface area contributed by atoms with Crippen LogP contribution in [0.4, 0.5) is 26.3 Å². The van der Waals surface area contributed by atoms with E-state index in [1.54, 1.807) is 23.9 Å². The highest BCUT2D eigenvalue weighted by Gasteiger charge is 2.35. The highest BCUT2D eigenvalue weighted by atomic mass is 19.4. The maximum atomic E-state index is 13.1. The smallest absolute Gasteiger partial charge is 0.424 e. The Morgan fingerprint density at radius 3 is 2.21 bits per heavy atom. The number of methoxy groups -OCH3 is 1. The number of alkyl halides is 6. The fraction of sp³-hybridized carbons (Fsp3) is 0.235. The summed E-state index contributed by atoms with van der Waals surface area (Å²) in [6, 6.07) is 8.71. The minimum absolute atomic E-state index is 0.251. The molecule has 2 aromatic carbocycles. The Balaban J connectivity index is 2.51. The third kappa shape index (κ3) is 4.55. The molecule has 0 amide bonds. The van der Waals surface area contributed by atoms with E-state index < -0.39 is 24.3 Å². The molecule has 0 aliphatic heterocycles. The maximum Gasteiger partial charge on any atom is 0.424 e. The van der Waals surface area contributed by atoms with Gasteiger partial charge < -0.3 is 4.74 Å². The molecule has 2 rings (SSSR count). The van der Waals surface area contributed by atoms with Crippen molar-refractivity contribution in [2.24, 2.45) is 0 Å². The number of ether oxygens (including phenoxy) is 1. The number of halogens is 6. The summed E-state index contributed by atoms with van der Waals surface area (Å²) in [7, 11) is 1.46. The normalized spacial score (nSPS) is 12.0. The van der Waals surface area contributed by atoms with Crippen LogP contribution in [0.2, 0.25) is 0 Å². The molecule has 0 saturated carbocycles. The summed E-state index contributed by atoms with van der Waals surface area (Å²) >= 11 is 0. The second kappa shape index (κ2) is 6.61. The first-order valence-electron chi connectivity index (χ1n) is 6.77. The van der Waals surface area contributed by atoms with E-state index in [0.29, 0.717) is 22.6 Å². The van der Waals surface area contributed by atoms with Crippen LogP contribution in [0.3, 0.4) is 0 Å². The predicted octanol–water partition coefficient (Wildman–Crippen LogP) is 5.90. The average Bonchev–Trinajstić information content (AvgIpc) is 2.48. The second-order valence-electron chi connectivity index (χ2n) is 4.97. The number of fused-ring (bicyclic) bond motifs is 1. The molecule has 0 bridgehead atoms. The van der Waals surface area contributed by atoms with Gasteiger partial charge in [0.2, 0.25) is 0 Å². The Labute approximate surface area is 133 Å². The first kappa shape index (κ1) is 17.9. The van der Waals surface area contributed by atoms with Gasteiger partial charge in [-0.3, -0.25) is 0 Å². The molecular weight excluding hydrogens is 334 g/mol. The second-order valence-corrected chi connectivity index (χ2v) is 4.97. The van der Waals surface area contributed by atoms with Gasteiger partial charge in [0.1, 0.15) is 11.3 Å². The van der Waals surface area contributed by atoms with Crippen LogP contribution in [-0.4, -0.2) is 19.5 Å². The average molecular weight is 346 g/mol. The topological polar surface area (TPSA) is 9.23 Å². The van der Waals surface area contributed by atoms with Crippen molar-refractivity contribution in [3.05, 3.63) is 53.8 Å². The predicted molar refractivity (Wildman–Crippen MR) is 78.7 cm³/mol. The summed E-state index contributed by atoms with van der Waals surface area (Å²) in [5.41, 5.74) is 0.245. The molecule has 0 aliphatic carbocycles. The molecule has 0 unspecified atom stereocenters. The zero-order valence-corrected chi connectivity index (χ0v) is 12.4. The highest BCUT2D eigenvalue weighted by Crippen LogP contribution is 2.35. The lowest BCUT2D eigenvalue weighted by atomic mass is 10.0. The first-order chi connectivity index (χ1) is 11.1. The van der Waals surface area contributed by atoms with E-state index in [9.17, 15) is 26.3 Å². The molecule has 0 atom stereocenters. The fourth-order valence-electron chi connectivity index (χ4n) is 2.10. The summed E-state index contributed by atoms with van der Waals surface area (Å²) in [6.45, 7) is 0. The van der Waals surface area contributed by atoms with Crippen molar-refractivity contribution in [3.63, 3.8) is 0 Å². The molecule has 0 aliphatic rings. The van der Waals surface area contributed by atoms with Crippen molar-refractivity contribution in [3.8, 4) is 5.75 Å². The van der Waals surface area contributed by atoms with Crippen molar-refractivity contribution in [2.45, 2.75) is 18.8 Å².